The lowest BCUT2D eigenvalue weighted by Gasteiger charge is -2.09. The first-order chi connectivity index (χ1) is 10.5. The number of fused-ring (bicyclic) bond motifs is 1. The number of aromatic nitrogens is 1. The summed E-state index contributed by atoms with van der Waals surface area (Å²) in [6, 6.07) is 5.58. The van der Waals surface area contributed by atoms with Gasteiger partial charge >= 0.3 is 6.18 Å². The Morgan fingerprint density at radius 1 is 1.14 bits per heavy atom. The molecule has 2 aromatic rings. The van der Waals surface area contributed by atoms with Crippen molar-refractivity contribution in [2.45, 2.75) is 23.9 Å². The van der Waals surface area contributed by atoms with Crippen LogP contribution in [0.3, 0.4) is 0 Å². The number of alkyl halides is 4. The van der Waals surface area contributed by atoms with Crippen LogP contribution in [-0.4, -0.2) is 16.1 Å². The first-order valence-electron chi connectivity index (χ1n) is 6.82. The summed E-state index contributed by atoms with van der Waals surface area (Å²) >= 11 is 5.00. The second kappa shape index (κ2) is 8.02. The maximum atomic E-state index is 12.7. The number of pyridine rings is 1. The van der Waals surface area contributed by atoms with E-state index in [2.05, 4.69) is 33.1 Å². The lowest BCUT2D eigenvalue weighted by molar-refractivity contribution is -0.137. The smallest absolute Gasteiger partial charge is 0.256 e. The van der Waals surface area contributed by atoms with Crippen molar-refractivity contribution in [2.75, 3.05) is 11.1 Å². The molecule has 2 rings (SSSR count). The second-order valence-corrected chi connectivity index (χ2v) is 6.55. The number of benzene rings is 1. The average Bonchev–Trinajstić information content (AvgIpc) is 2.49. The summed E-state index contributed by atoms with van der Waals surface area (Å²) in [6.45, 7) is 0. The third kappa shape index (κ3) is 4.74. The monoisotopic (exact) mass is 389 g/mol. The lowest BCUT2D eigenvalue weighted by Crippen LogP contribution is -2.04. The van der Waals surface area contributed by atoms with Gasteiger partial charge in [-0.3, -0.25) is 4.98 Å². The molecule has 1 aromatic carbocycles. The van der Waals surface area contributed by atoms with Crippen molar-refractivity contribution in [1.29, 1.82) is 0 Å². The molecule has 0 aliphatic heterocycles. The van der Waals surface area contributed by atoms with Gasteiger partial charge in [0, 0.05) is 27.6 Å². The molecule has 1 aromatic heterocycles. The number of allylic oxidation sites excluding steroid dienone is 2. The Kier molecular flexibility index (Phi) is 6.32. The summed E-state index contributed by atoms with van der Waals surface area (Å²) in [5.41, 5.74) is -0.276. The molecule has 0 fully saturated rings. The molecule has 0 unspecified atom stereocenters. The molecule has 0 aliphatic carbocycles. The maximum Gasteiger partial charge on any atom is 0.416 e. The van der Waals surface area contributed by atoms with E-state index in [0.717, 1.165) is 46.3 Å². The minimum Gasteiger partial charge on any atom is -0.256 e. The Bertz CT molecular complexity index is 655. The molecule has 0 spiro atoms. The van der Waals surface area contributed by atoms with E-state index >= 15 is 0 Å². The molecular formula is C16H15BrF3NS. The Labute approximate surface area is 140 Å². The topological polar surface area (TPSA) is 12.9 Å². The van der Waals surface area contributed by atoms with Crippen LogP contribution in [-0.2, 0) is 6.18 Å². The molecule has 118 valence electrons. The minimum absolute atomic E-state index is 0.384. The van der Waals surface area contributed by atoms with Gasteiger partial charge in [0.2, 0.25) is 0 Å². The fourth-order valence-corrected chi connectivity index (χ4v) is 3.18. The van der Waals surface area contributed by atoms with Crippen molar-refractivity contribution >= 4 is 38.6 Å². The Hall–Kier alpha value is -1.01. The van der Waals surface area contributed by atoms with E-state index in [-0.39, 0.29) is 0 Å². The van der Waals surface area contributed by atoms with Gasteiger partial charge in [0.1, 0.15) is 0 Å². The quantitative estimate of drug-likeness (QED) is 0.257. The predicted octanol–water partition coefficient (Wildman–Crippen LogP) is 6.08. The van der Waals surface area contributed by atoms with Crippen LogP contribution >= 0.6 is 27.7 Å². The van der Waals surface area contributed by atoms with Gasteiger partial charge in [-0.05, 0) is 31.0 Å². The summed E-state index contributed by atoms with van der Waals surface area (Å²) in [5.74, 6) is 0.888. The number of hydrogen-bond donors (Lipinski definition) is 0. The molecule has 0 N–H and O–H groups in total. The molecule has 6 heteroatoms. The Balaban J connectivity index is 2.11. The zero-order valence-corrected chi connectivity index (χ0v) is 14.1. The highest BCUT2D eigenvalue weighted by Crippen LogP contribution is 2.33. The van der Waals surface area contributed by atoms with E-state index in [4.69, 9.17) is 0 Å². The molecule has 0 saturated heterocycles. The number of rotatable bonds is 6. The summed E-state index contributed by atoms with van der Waals surface area (Å²) in [7, 11) is 0. The summed E-state index contributed by atoms with van der Waals surface area (Å²) in [4.78, 5) is 5.02. The molecule has 0 aliphatic rings. The lowest BCUT2D eigenvalue weighted by atomic mass is 10.1. The number of halogens is 4. The van der Waals surface area contributed by atoms with E-state index in [0.29, 0.717) is 5.52 Å². The third-order valence-electron chi connectivity index (χ3n) is 3.01. The number of thioether (sulfide) groups is 1. The van der Waals surface area contributed by atoms with Crippen molar-refractivity contribution in [3.63, 3.8) is 0 Å². The van der Waals surface area contributed by atoms with E-state index in [9.17, 15) is 13.2 Å². The zero-order chi connectivity index (χ0) is 16.0. The molecule has 0 bridgehead atoms. The summed E-state index contributed by atoms with van der Waals surface area (Å²) in [6.07, 6.45) is 3.41. The summed E-state index contributed by atoms with van der Waals surface area (Å²) in [5, 5.41) is 1.72. The molecular weight excluding hydrogens is 375 g/mol. The van der Waals surface area contributed by atoms with Crippen LogP contribution in [0.5, 0.6) is 0 Å². The second-order valence-electron chi connectivity index (χ2n) is 4.62. The third-order valence-corrected chi connectivity index (χ3v) is 4.58. The SMILES string of the molecule is FC(F)(F)c1ccc2c(SCC/C=C/CCBr)ccnc2c1. The molecule has 0 radical (unpaired) electrons. The molecule has 0 amide bonds. The van der Waals surface area contributed by atoms with Crippen LogP contribution in [0.2, 0.25) is 0 Å². The van der Waals surface area contributed by atoms with Crippen molar-refractivity contribution in [3.8, 4) is 0 Å². The van der Waals surface area contributed by atoms with E-state index in [1.807, 2.05) is 6.07 Å². The Morgan fingerprint density at radius 2 is 1.91 bits per heavy atom. The molecule has 1 nitrogen and oxygen atoms in total. The van der Waals surface area contributed by atoms with Gasteiger partial charge in [-0.2, -0.15) is 13.2 Å². The van der Waals surface area contributed by atoms with Crippen LogP contribution in [0.4, 0.5) is 13.2 Å². The Morgan fingerprint density at radius 3 is 2.64 bits per heavy atom. The van der Waals surface area contributed by atoms with Crippen molar-refractivity contribution in [3.05, 3.63) is 48.2 Å². The molecule has 22 heavy (non-hydrogen) atoms. The van der Waals surface area contributed by atoms with E-state index in [1.165, 1.54) is 6.07 Å². The van der Waals surface area contributed by atoms with Crippen LogP contribution in [0.15, 0.2) is 47.5 Å². The van der Waals surface area contributed by atoms with Gasteiger partial charge in [-0.25, -0.2) is 0 Å². The van der Waals surface area contributed by atoms with Gasteiger partial charge in [0.25, 0.3) is 0 Å². The summed E-state index contributed by atoms with van der Waals surface area (Å²) < 4.78 is 38.2. The molecule has 0 atom stereocenters. The van der Waals surface area contributed by atoms with Gasteiger partial charge < -0.3 is 0 Å². The highest BCUT2D eigenvalue weighted by molar-refractivity contribution is 9.09. The zero-order valence-electron chi connectivity index (χ0n) is 11.7. The van der Waals surface area contributed by atoms with Gasteiger partial charge in [0.15, 0.2) is 0 Å². The largest absolute Gasteiger partial charge is 0.416 e. The van der Waals surface area contributed by atoms with Crippen molar-refractivity contribution < 1.29 is 13.2 Å². The normalized spacial score (nSPS) is 12.4. The number of hydrogen-bond acceptors (Lipinski definition) is 2. The van der Waals surface area contributed by atoms with Crippen LogP contribution in [0.25, 0.3) is 10.9 Å². The number of nitrogens with zero attached hydrogens (tertiary/aromatic N) is 1. The average molecular weight is 390 g/mol. The molecule has 1 heterocycles. The fourth-order valence-electron chi connectivity index (χ4n) is 1.96. The van der Waals surface area contributed by atoms with E-state index < -0.39 is 11.7 Å². The van der Waals surface area contributed by atoms with Crippen LogP contribution < -0.4 is 0 Å². The fraction of sp³-hybridized carbons (Fsp3) is 0.312. The van der Waals surface area contributed by atoms with E-state index in [1.54, 1.807) is 18.0 Å². The highest BCUT2D eigenvalue weighted by atomic mass is 79.9. The van der Waals surface area contributed by atoms with Crippen LogP contribution in [0, 0.1) is 0 Å². The van der Waals surface area contributed by atoms with Gasteiger partial charge in [-0.15, -0.1) is 11.8 Å². The first kappa shape index (κ1) is 17.3. The van der Waals surface area contributed by atoms with Crippen molar-refractivity contribution in [2.24, 2.45) is 0 Å². The maximum absolute atomic E-state index is 12.7. The molecule has 0 saturated carbocycles. The van der Waals surface area contributed by atoms with Crippen LogP contribution in [0.1, 0.15) is 18.4 Å². The first-order valence-corrected chi connectivity index (χ1v) is 8.93. The minimum atomic E-state index is -4.33. The predicted molar refractivity (Wildman–Crippen MR) is 89.6 cm³/mol. The van der Waals surface area contributed by atoms with Gasteiger partial charge in [0.05, 0.1) is 11.1 Å². The van der Waals surface area contributed by atoms with Crippen molar-refractivity contribution in [1.82, 2.24) is 4.98 Å². The highest BCUT2D eigenvalue weighted by Gasteiger charge is 2.30. The van der Waals surface area contributed by atoms with Gasteiger partial charge in [-0.1, -0.05) is 34.1 Å². The standard InChI is InChI=1S/C16H15BrF3NS/c17-8-3-1-2-4-10-22-15-7-9-21-14-11-12(16(18,19)20)5-6-13(14)15/h1-2,5-7,9,11H,3-4,8,10H2/b2-1+.